The van der Waals surface area contributed by atoms with E-state index >= 15 is 0 Å². The SMILES string of the molecule is Cc1ccc(Br)cc1Oc1nccc(C(N)=S)n1. The number of nitrogens with zero attached hydrogens (tertiary/aromatic N) is 2. The van der Waals surface area contributed by atoms with Crippen LogP contribution in [0.25, 0.3) is 0 Å². The largest absolute Gasteiger partial charge is 0.424 e. The monoisotopic (exact) mass is 323 g/mol. The Morgan fingerprint density at radius 2 is 2.17 bits per heavy atom. The normalized spacial score (nSPS) is 10.1. The molecular formula is C12H10BrN3OS. The van der Waals surface area contributed by atoms with Gasteiger partial charge in [0.15, 0.2) is 0 Å². The molecule has 0 amide bonds. The van der Waals surface area contributed by atoms with Crippen molar-refractivity contribution >= 4 is 33.1 Å². The lowest BCUT2D eigenvalue weighted by molar-refractivity contribution is 0.438. The summed E-state index contributed by atoms with van der Waals surface area (Å²) in [6.45, 7) is 1.94. The molecule has 2 rings (SSSR count). The number of hydrogen-bond acceptors (Lipinski definition) is 4. The number of benzene rings is 1. The van der Waals surface area contributed by atoms with Gasteiger partial charge in [0, 0.05) is 10.7 Å². The van der Waals surface area contributed by atoms with Gasteiger partial charge in [-0.3, -0.25) is 0 Å². The second-order valence-corrected chi connectivity index (χ2v) is 4.96. The van der Waals surface area contributed by atoms with E-state index in [-0.39, 0.29) is 11.0 Å². The van der Waals surface area contributed by atoms with Crippen molar-refractivity contribution in [2.45, 2.75) is 6.92 Å². The van der Waals surface area contributed by atoms with Crippen LogP contribution in [0.3, 0.4) is 0 Å². The van der Waals surface area contributed by atoms with Crippen LogP contribution in [0, 0.1) is 6.92 Å². The van der Waals surface area contributed by atoms with Crippen molar-refractivity contribution in [1.29, 1.82) is 0 Å². The second kappa shape index (κ2) is 5.41. The van der Waals surface area contributed by atoms with Gasteiger partial charge in [-0.2, -0.15) is 4.98 Å². The first-order valence-corrected chi connectivity index (χ1v) is 6.33. The summed E-state index contributed by atoms with van der Waals surface area (Å²) in [4.78, 5) is 8.36. The fraction of sp³-hybridized carbons (Fsp3) is 0.0833. The van der Waals surface area contributed by atoms with Gasteiger partial charge in [-0.15, -0.1) is 0 Å². The summed E-state index contributed by atoms with van der Waals surface area (Å²) in [6, 6.07) is 7.60. The van der Waals surface area contributed by atoms with E-state index in [1.54, 1.807) is 12.3 Å². The summed E-state index contributed by atoms with van der Waals surface area (Å²) in [5, 5.41) is 0. The highest BCUT2D eigenvalue weighted by Crippen LogP contribution is 2.26. The van der Waals surface area contributed by atoms with Crippen LogP contribution in [0.15, 0.2) is 34.9 Å². The van der Waals surface area contributed by atoms with Gasteiger partial charge in [-0.1, -0.05) is 34.2 Å². The topological polar surface area (TPSA) is 61.0 Å². The molecular weight excluding hydrogens is 314 g/mol. The average Bonchev–Trinajstić information content (AvgIpc) is 2.34. The fourth-order valence-corrected chi connectivity index (χ4v) is 1.76. The lowest BCUT2D eigenvalue weighted by atomic mass is 10.2. The highest BCUT2D eigenvalue weighted by atomic mass is 79.9. The number of thiocarbonyl (C=S) groups is 1. The summed E-state index contributed by atoms with van der Waals surface area (Å²) in [5.41, 5.74) is 6.99. The third-order valence-corrected chi connectivity index (χ3v) is 2.94. The van der Waals surface area contributed by atoms with Crippen LogP contribution in [0.4, 0.5) is 0 Å². The van der Waals surface area contributed by atoms with Crippen molar-refractivity contribution < 1.29 is 4.74 Å². The maximum Gasteiger partial charge on any atom is 0.322 e. The second-order valence-electron chi connectivity index (χ2n) is 3.60. The number of ether oxygens (including phenoxy) is 1. The van der Waals surface area contributed by atoms with Crippen molar-refractivity contribution in [3.05, 3.63) is 46.2 Å². The predicted molar refractivity (Wildman–Crippen MR) is 76.9 cm³/mol. The van der Waals surface area contributed by atoms with Crippen LogP contribution in [0.2, 0.25) is 0 Å². The quantitative estimate of drug-likeness (QED) is 0.880. The van der Waals surface area contributed by atoms with Gasteiger partial charge in [0.2, 0.25) is 0 Å². The molecule has 0 radical (unpaired) electrons. The van der Waals surface area contributed by atoms with Gasteiger partial charge >= 0.3 is 6.01 Å². The van der Waals surface area contributed by atoms with Crippen LogP contribution in [0.1, 0.15) is 11.3 Å². The maximum atomic E-state index is 5.61. The van der Waals surface area contributed by atoms with Gasteiger partial charge in [0.05, 0.1) is 0 Å². The van der Waals surface area contributed by atoms with Crippen molar-refractivity contribution in [3.63, 3.8) is 0 Å². The summed E-state index contributed by atoms with van der Waals surface area (Å²) in [6.07, 6.45) is 1.56. The number of hydrogen-bond donors (Lipinski definition) is 1. The molecule has 92 valence electrons. The minimum Gasteiger partial charge on any atom is -0.424 e. The molecule has 0 spiro atoms. The minimum absolute atomic E-state index is 0.216. The molecule has 0 bridgehead atoms. The summed E-state index contributed by atoms with van der Waals surface area (Å²) in [5.74, 6) is 0.685. The molecule has 0 aliphatic carbocycles. The molecule has 0 saturated heterocycles. The minimum atomic E-state index is 0.216. The molecule has 1 heterocycles. The van der Waals surface area contributed by atoms with E-state index in [2.05, 4.69) is 25.9 Å². The third kappa shape index (κ3) is 3.02. The lowest BCUT2D eigenvalue weighted by Gasteiger charge is -2.07. The number of aryl methyl sites for hydroxylation is 1. The Hall–Kier alpha value is -1.53. The van der Waals surface area contributed by atoms with E-state index in [0.717, 1.165) is 10.0 Å². The zero-order chi connectivity index (χ0) is 13.1. The molecule has 0 saturated carbocycles. The maximum absolute atomic E-state index is 5.61. The van der Waals surface area contributed by atoms with E-state index in [0.29, 0.717) is 11.4 Å². The average molecular weight is 324 g/mol. The van der Waals surface area contributed by atoms with E-state index in [4.69, 9.17) is 22.7 Å². The van der Waals surface area contributed by atoms with E-state index in [9.17, 15) is 0 Å². The van der Waals surface area contributed by atoms with Crippen LogP contribution in [0.5, 0.6) is 11.8 Å². The molecule has 2 aromatic rings. The Morgan fingerprint density at radius 1 is 1.39 bits per heavy atom. The first-order chi connectivity index (χ1) is 8.56. The summed E-state index contributed by atoms with van der Waals surface area (Å²) in [7, 11) is 0. The Bertz CT molecular complexity index is 604. The van der Waals surface area contributed by atoms with E-state index < -0.39 is 0 Å². The van der Waals surface area contributed by atoms with Crippen LogP contribution in [-0.2, 0) is 0 Å². The Kier molecular flexibility index (Phi) is 3.88. The zero-order valence-electron chi connectivity index (χ0n) is 9.55. The van der Waals surface area contributed by atoms with E-state index in [1.165, 1.54) is 0 Å². The standard InChI is InChI=1S/C12H10BrN3OS/c1-7-2-3-8(13)6-10(7)17-12-15-5-4-9(16-12)11(14)18/h2-6H,1H3,(H2,14,18). The van der Waals surface area contributed by atoms with Gasteiger partial charge < -0.3 is 10.5 Å². The smallest absolute Gasteiger partial charge is 0.322 e. The zero-order valence-corrected chi connectivity index (χ0v) is 12.0. The Morgan fingerprint density at radius 3 is 2.89 bits per heavy atom. The van der Waals surface area contributed by atoms with E-state index in [1.807, 2.05) is 25.1 Å². The third-order valence-electron chi connectivity index (χ3n) is 2.24. The van der Waals surface area contributed by atoms with Gasteiger partial charge in [0.25, 0.3) is 0 Å². The molecule has 1 aromatic heterocycles. The number of rotatable bonds is 3. The van der Waals surface area contributed by atoms with Gasteiger partial charge in [0.1, 0.15) is 16.4 Å². The highest BCUT2D eigenvalue weighted by molar-refractivity contribution is 9.10. The molecule has 0 unspecified atom stereocenters. The Labute approximate surface area is 118 Å². The van der Waals surface area contributed by atoms with Gasteiger partial charge in [-0.25, -0.2) is 4.98 Å². The van der Waals surface area contributed by atoms with Crippen LogP contribution >= 0.6 is 28.1 Å². The van der Waals surface area contributed by atoms with Gasteiger partial charge in [-0.05, 0) is 30.7 Å². The predicted octanol–water partition coefficient (Wildman–Crippen LogP) is 2.97. The molecule has 0 aliphatic heterocycles. The molecule has 2 N–H and O–H groups in total. The molecule has 0 aliphatic rings. The summed E-state index contributed by atoms with van der Waals surface area (Å²) < 4.78 is 6.54. The summed E-state index contributed by atoms with van der Waals surface area (Å²) >= 11 is 8.24. The number of halogens is 1. The molecule has 18 heavy (non-hydrogen) atoms. The molecule has 4 nitrogen and oxygen atoms in total. The lowest BCUT2D eigenvalue weighted by Crippen LogP contribution is -2.12. The Balaban J connectivity index is 2.31. The number of nitrogens with two attached hydrogens (primary N) is 1. The van der Waals surface area contributed by atoms with Crippen LogP contribution < -0.4 is 10.5 Å². The van der Waals surface area contributed by atoms with Crippen LogP contribution in [-0.4, -0.2) is 15.0 Å². The molecule has 0 atom stereocenters. The first-order valence-electron chi connectivity index (χ1n) is 5.13. The first kappa shape index (κ1) is 12.9. The van der Waals surface area contributed by atoms with Crippen molar-refractivity contribution in [1.82, 2.24) is 9.97 Å². The fourth-order valence-electron chi connectivity index (χ4n) is 1.31. The van der Waals surface area contributed by atoms with Crippen molar-refractivity contribution in [2.24, 2.45) is 5.73 Å². The van der Waals surface area contributed by atoms with Crippen molar-refractivity contribution in [3.8, 4) is 11.8 Å². The molecule has 6 heteroatoms. The molecule has 0 fully saturated rings. The number of aromatic nitrogens is 2. The highest BCUT2D eigenvalue weighted by Gasteiger charge is 2.06. The van der Waals surface area contributed by atoms with Crippen molar-refractivity contribution in [2.75, 3.05) is 0 Å². The molecule has 1 aromatic carbocycles.